The van der Waals surface area contributed by atoms with Gasteiger partial charge in [0.15, 0.2) is 18.1 Å². The standard InChI is InChI=1S/C23H13Cl3O4/c24-15-6-4-13(5-7-15)19(27)12-29-16-8-9-17-20(11-16)30-21(23(17)28)10-14-2-1-3-18(25)22(14)26/h1-11H,12H2. The van der Waals surface area contributed by atoms with Crippen molar-refractivity contribution in [3.8, 4) is 11.5 Å². The van der Waals surface area contributed by atoms with Crippen molar-refractivity contribution in [1.29, 1.82) is 0 Å². The molecule has 3 aromatic carbocycles. The Bertz CT molecular complexity index is 1180. The quantitative estimate of drug-likeness (QED) is 0.322. The number of fused-ring (bicyclic) bond motifs is 1. The third kappa shape index (κ3) is 4.21. The van der Waals surface area contributed by atoms with Crippen molar-refractivity contribution < 1.29 is 19.1 Å². The molecule has 0 N–H and O–H groups in total. The Morgan fingerprint density at radius 1 is 1.00 bits per heavy atom. The summed E-state index contributed by atoms with van der Waals surface area (Å²) < 4.78 is 11.3. The van der Waals surface area contributed by atoms with Gasteiger partial charge in [0, 0.05) is 16.7 Å². The van der Waals surface area contributed by atoms with Crippen molar-refractivity contribution in [2.75, 3.05) is 6.61 Å². The van der Waals surface area contributed by atoms with E-state index in [1.54, 1.807) is 66.7 Å². The highest BCUT2D eigenvalue weighted by molar-refractivity contribution is 6.43. The predicted octanol–water partition coefficient (Wildman–Crippen LogP) is 6.52. The van der Waals surface area contributed by atoms with Gasteiger partial charge >= 0.3 is 0 Å². The fourth-order valence-corrected chi connectivity index (χ4v) is 3.39. The van der Waals surface area contributed by atoms with Crippen LogP contribution in [-0.2, 0) is 0 Å². The van der Waals surface area contributed by atoms with Crippen LogP contribution >= 0.6 is 34.8 Å². The van der Waals surface area contributed by atoms with Crippen molar-refractivity contribution in [1.82, 2.24) is 0 Å². The largest absolute Gasteiger partial charge is 0.485 e. The van der Waals surface area contributed by atoms with E-state index in [4.69, 9.17) is 44.3 Å². The number of hydrogen-bond donors (Lipinski definition) is 0. The molecule has 0 unspecified atom stereocenters. The summed E-state index contributed by atoms with van der Waals surface area (Å²) in [5, 5.41) is 1.27. The predicted molar refractivity (Wildman–Crippen MR) is 117 cm³/mol. The first-order chi connectivity index (χ1) is 14.4. The van der Waals surface area contributed by atoms with Gasteiger partial charge < -0.3 is 9.47 Å². The fraction of sp³-hybridized carbons (Fsp3) is 0.0435. The van der Waals surface area contributed by atoms with E-state index in [1.165, 1.54) is 0 Å². The molecule has 0 spiro atoms. The normalized spacial score (nSPS) is 13.8. The lowest BCUT2D eigenvalue weighted by Crippen LogP contribution is -2.11. The van der Waals surface area contributed by atoms with Crippen molar-refractivity contribution in [3.63, 3.8) is 0 Å². The summed E-state index contributed by atoms with van der Waals surface area (Å²) in [6.45, 7) is -0.158. The van der Waals surface area contributed by atoms with Crippen LogP contribution in [-0.4, -0.2) is 18.2 Å². The number of ether oxygens (including phenoxy) is 2. The lowest BCUT2D eigenvalue weighted by atomic mass is 10.1. The van der Waals surface area contributed by atoms with Crippen LogP contribution in [0.4, 0.5) is 0 Å². The van der Waals surface area contributed by atoms with Gasteiger partial charge in [-0.3, -0.25) is 9.59 Å². The summed E-state index contributed by atoms with van der Waals surface area (Å²) in [6.07, 6.45) is 1.54. The minimum Gasteiger partial charge on any atom is -0.485 e. The van der Waals surface area contributed by atoms with Crippen LogP contribution in [0.3, 0.4) is 0 Å². The molecule has 0 saturated carbocycles. The number of carbonyl (C=O) groups is 2. The van der Waals surface area contributed by atoms with Gasteiger partial charge in [-0.2, -0.15) is 0 Å². The SMILES string of the molecule is O=C(COc1ccc2c(c1)OC(=Cc1cccc(Cl)c1Cl)C2=O)c1ccc(Cl)cc1. The molecule has 0 fully saturated rings. The van der Waals surface area contributed by atoms with E-state index in [9.17, 15) is 9.59 Å². The highest BCUT2D eigenvalue weighted by Crippen LogP contribution is 2.36. The summed E-state index contributed by atoms with van der Waals surface area (Å²) in [5.74, 6) is 0.417. The molecule has 0 aliphatic carbocycles. The van der Waals surface area contributed by atoms with E-state index in [1.807, 2.05) is 0 Å². The van der Waals surface area contributed by atoms with Gasteiger partial charge in [-0.25, -0.2) is 0 Å². The Kier molecular flexibility index (Phi) is 5.82. The van der Waals surface area contributed by atoms with E-state index in [0.29, 0.717) is 43.3 Å². The number of allylic oxidation sites excluding steroid dienone is 1. The number of benzene rings is 3. The lowest BCUT2D eigenvalue weighted by Gasteiger charge is -2.07. The first kappa shape index (κ1) is 20.5. The van der Waals surface area contributed by atoms with Crippen molar-refractivity contribution >= 4 is 52.4 Å². The summed E-state index contributed by atoms with van der Waals surface area (Å²) in [4.78, 5) is 24.9. The molecule has 0 bridgehead atoms. The Labute approximate surface area is 187 Å². The van der Waals surface area contributed by atoms with Gasteiger partial charge in [0.1, 0.15) is 11.5 Å². The summed E-state index contributed by atoms with van der Waals surface area (Å²) in [5.41, 5.74) is 1.47. The topological polar surface area (TPSA) is 52.6 Å². The van der Waals surface area contributed by atoms with Crippen LogP contribution in [0.5, 0.6) is 11.5 Å². The molecule has 0 atom stereocenters. The van der Waals surface area contributed by atoms with E-state index in [-0.39, 0.29) is 23.9 Å². The molecule has 0 saturated heterocycles. The zero-order valence-corrected chi connectivity index (χ0v) is 17.6. The zero-order chi connectivity index (χ0) is 21.3. The van der Waals surface area contributed by atoms with E-state index in [0.717, 1.165) is 0 Å². The molecule has 4 rings (SSSR count). The van der Waals surface area contributed by atoms with Crippen LogP contribution in [0.15, 0.2) is 66.4 Å². The molecule has 30 heavy (non-hydrogen) atoms. The molecule has 4 nitrogen and oxygen atoms in total. The summed E-state index contributed by atoms with van der Waals surface area (Å²) in [7, 11) is 0. The highest BCUT2D eigenvalue weighted by atomic mass is 35.5. The third-order valence-electron chi connectivity index (χ3n) is 4.45. The second kappa shape index (κ2) is 8.52. The second-order valence-corrected chi connectivity index (χ2v) is 7.68. The number of Topliss-reactive ketones (excluding diaryl/α,β-unsaturated/α-hetero) is 2. The van der Waals surface area contributed by atoms with E-state index < -0.39 is 0 Å². The lowest BCUT2D eigenvalue weighted by molar-refractivity contribution is 0.0921. The first-order valence-electron chi connectivity index (χ1n) is 8.86. The van der Waals surface area contributed by atoms with Gasteiger partial charge in [-0.15, -0.1) is 0 Å². The monoisotopic (exact) mass is 458 g/mol. The molecule has 150 valence electrons. The van der Waals surface area contributed by atoms with Gasteiger partial charge in [0.25, 0.3) is 0 Å². The number of hydrogen-bond acceptors (Lipinski definition) is 4. The van der Waals surface area contributed by atoms with Crippen LogP contribution in [0.25, 0.3) is 6.08 Å². The minimum absolute atomic E-state index is 0.128. The highest BCUT2D eigenvalue weighted by Gasteiger charge is 2.28. The minimum atomic E-state index is -0.273. The Morgan fingerprint density at radius 2 is 1.77 bits per heavy atom. The maximum atomic E-state index is 12.6. The van der Waals surface area contributed by atoms with Crippen LogP contribution < -0.4 is 9.47 Å². The molecule has 7 heteroatoms. The van der Waals surface area contributed by atoms with E-state index in [2.05, 4.69) is 0 Å². The van der Waals surface area contributed by atoms with Gasteiger partial charge in [0.2, 0.25) is 5.78 Å². The molecule has 0 radical (unpaired) electrons. The Hall–Kier alpha value is -2.79. The number of ketones is 2. The Balaban J connectivity index is 1.49. The van der Waals surface area contributed by atoms with Crippen LogP contribution in [0.1, 0.15) is 26.3 Å². The smallest absolute Gasteiger partial charge is 0.231 e. The van der Waals surface area contributed by atoms with Crippen molar-refractivity contribution in [2.45, 2.75) is 0 Å². The van der Waals surface area contributed by atoms with Gasteiger partial charge in [-0.05, 0) is 54.1 Å². The van der Waals surface area contributed by atoms with Crippen molar-refractivity contribution in [2.24, 2.45) is 0 Å². The molecule has 0 aromatic heterocycles. The van der Waals surface area contributed by atoms with Crippen LogP contribution in [0, 0.1) is 0 Å². The average Bonchev–Trinajstić information content (AvgIpc) is 3.05. The third-order valence-corrected chi connectivity index (χ3v) is 5.53. The van der Waals surface area contributed by atoms with Crippen molar-refractivity contribution in [3.05, 3.63) is 98.2 Å². The summed E-state index contributed by atoms with van der Waals surface area (Å²) >= 11 is 18.0. The average molecular weight is 460 g/mol. The molecular formula is C23H13Cl3O4. The summed E-state index contributed by atoms with van der Waals surface area (Å²) in [6, 6.07) is 16.5. The maximum absolute atomic E-state index is 12.6. The molecule has 1 aliphatic heterocycles. The van der Waals surface area contributed by atoms with E-state index >= 15 is 0 Å². The molecule has 3 aromatic rings. The zero-order valence-electron chi connectivity index (χ0n) is 15.3. The molecule has 1 heterocycles. The number of rotatable bonds is 5. The number of halogens is 3. The van der Waals surface area contributed by atoms with Crippen LogP contribution in [0.2, 0.25) is 15.1 Å². The van der Waals surface area contributed by atoms with Gasteiger partial charge in [-0.1, -0.05) is 46.9 Å². The molecule has 1 aliphatic rings. The maximum Gasteiger partial charge on any atom is 0.231 e. The second-order valence-electron chi connectivity index (χ2n) is 6.46. The molecule has 0 amide bonds. The first-order valence-corrected chi connectivity index (χ1v) is 9.99. The fourth-order valence-electron chi connectivity index (χ4n) is 2.90. The van der Waals surface area contributed by atoms with Gasteiger partial charge in [0.05, 0.1) is 15.6 Å². The molecular weight excluding hydrogens is 447 g/mol. The Morgan fingerprint density at radius 3 is 2.53 bits per heavy atom. The number of carbonyl (C=O) groups excluding carboxylic acids is 2.